The molecule has 0 aliphatic heterocycles. The molecule has 1 heterocycles. The van der Waals surface area contributed by atoms with Gasteiger partial charge in [0.15, 0.2) is 0 Å². The van der Waals surface area contributed by atoms with Gasteiger partial charge in [-0.25, -0.2) is 0 Å². The van der Waals surface area contributed by atoms with E-state index < -0.39 is 24.3 Å². The SMILES string of the molecule is O=C([O-])CNC(=O)/C(=C\c1ccco1)NC(=O)c1ccccc1. The summed E-state index contributed by atoms with van der Waals surface area (Å²) >= 11 is 0. The van der Waals surface area contributed by atoms with E-state index in [4.69, 9.17) is 4.42 Å². The van der Waals surface area contributed by atoms with Crippen molar-refractivity contribution in [1.82, 2.24) is 10.6 Å². The summed E-state index contributed by atoms with van der Waals surface area (Å²) in [5.74, 6) is -2.39. The van der Waals surface area contributed by atoms with Crippen LogP contribution >= 0.6 is 0 Å². The fourth-order valence-electron chi connectivity index (χ4n) is 1.71. The Bertz CT molecular complexity index is 720. The summed E-state index contributed by atoms with van der Waals surface area (Å²) in [5, 5.41) is 15.0. The van der Waals surface area contributed by atoms with Crippen LogP contribution in [0.2, 0.25) is 0 Å². The van der Waals surface area contributed by atoms with Crippen molar-refractivity contribution < 1.29 is 23.9 Å². The Morgan fingerprint density at radius 2 is 1.83 bits per heavy atom. The van der Waals surface area contributed by atoms with Crippen molar-refractivity contribution in [2.75, 3.05) is 6.54 Å². The average Bonchev–Trinajstić information content (AvgIpc) is 3.05. The predicted octanol–water partition coefficient (Wildman–Crippen LogP) is -0.0834. The lowest BCUT2D eigenvalue weighted by atomic mass is 10.2. The van der Waals surface area contributed by atoms with E-state index in [1.807, 2.05) is 0 Å². The Morgan fingerprint density at radius 3 is 2.43 bits per heavy atom. The second-order valence-electron chi connectivity index (χ2n) is 4.45. The first-order valence-electron chi connectivity index (χ1n) is 6.66. The molecule has 2 amide bonds. The molecule has 2 N–H and O–H groups in total. The number of carboxylic acids is 1. The van der Waals surface area contributed by atoms with Crippen molar-refractivity contribution in [3.05, 3.63) is 65.7 Å². The summed E-state index contributed by atoms with van der Waals surface area (Å²) in [5.41, 5.74) is 0.209. The highest BCUT2D eigenvalue weighted by Crippen LogP contribution is 2.07. The summed E-state index contributed by atoms with van der Waals surface area (Å²) in [6.45, 7) is -0.671. The van der Waals surface area contributed by atoms with E-state index >= 15 is 0 Å². The number of nitrogens with one attached hydrogen (secondary N) is 2. The zero-order valence-corrected chi connectivity index (χ0v) is 11.9. The first kappa shape index (κ1) is 16.0. The van der Waals surface area contributed by atoms with Gasteiger partial charge in [0.2, 0.25) is 0 Å². The minimum Gasteiger partial charge on any atom is -0.548 e. The third-order valence-corrected chi connectivity index (χ3v) is 2.75. The molecule has 0 bridgehead atoms. The van der Waals surface area contributed by atoms with Gasteiger partial charge in [-0.2, -0.15) is 0 Å². The van der Waals surface area contributed by atoms with E-state index in [0.717, 1.165) is 0 Å². The van der Waals surface area contributed by atoms with Gasteiger partial charge >= 0.3 is 0 Å². The van der Waals surface area contributed by atoms with E-state index in [-0.39, 0.29) is 5.70 Å². The van der Waals surface area contributed by atoms with Crippen molar-refractivity contribution in [2.45, 2.75) is 0 Å². The number of aliphatic carboxylic acids is 1. The first-order chi connectivity index (χ1) is 11.1. The van der Waals surface area contributed by atoms with Gasteiger partial charge in [0.25, 0.3) is 11.8 Å². The molecule has 1 aromatic carbocycles. The number of hydrogen-bond donors (Lipinski definition) is 2. The van der Waals surface area contributed by atoms with Crippen molar-refractivity contribution in [3.63, 3.8) is 0 Å². The highest BCUT2D eigenvalue weighted by molar-refractivity contribution is 6.05. The molecule has 0 fully saturated rings. The van der Waals surface area contributed by atoms with Crippen LogP contribution in [0.15, 0.2) is 58.8 Å². The Morgan fingerprint density at radius 1 is 1.09 bits per heavy atom. The molecule has 7 heteroatoms. The van der Waals surface area contributed by atoms with Gasteiger partial charge in [-0.05, 0) is 24.3 Å². The largest absolute Gasteiger partial charge is 0.548 e. The number of hydrogen-bond acceptors (Lipinski definition) is 5. The number of carboxylic acid groups (broad SMARTS) is 1. The topological polar surface area (TPSA) is 111 Å². The van der Waals surface area contributed by atoms with Crippen LogP contribution in [0.4, 0.5) is 0 Å². The summed E-state index contributed by atoms with van der Waals surface area (Å²) in [6, 6.07) is 11.5. The fourth-order valence-corrected chi connectivity index (χ4v) is 1.71. The maximum absolute atomic E-state index is 12.1. The monoisotopic (exact) mass is 313 g/mol. The zero-order chi connectivity index (χ0) is 16.7. The summed E-state index contributed by atoms with van der Waals surface area (Å²) in [6.07, 6.45) is 2.70. The summed E-state index contributed by atoms with van der Waals surface area (Å²) in [4.78, 5) is 34.6. The van der Waals surface area contributed by atoms with Crippen LogP contribution in [0.1, 0.15) is 16.1 Å². The quantitative estimate of drug-likeness (QED) is 0.724. The number of carbonyl (C=O) groups is 3. The van der Waals surface area contributed by atoms with Crippen molar-refractivity contribution in [3.8, 4) is 0 Å². The molecule has 1 aromatic heterocycles. The molecule has 0 saturated carbocycles. The molecular formula is C16H13N2O5-. The number of furan rings is 1. The average molecular weight is 313 g/mol. The van der Waals surface area contributed by atoms with Crippen LogP contribution < -0.4 is 15.7 Å². The second-order valence-corrected chi connectivity index (χ2v) is 4.45. The van der Waals surface area contributed by atoms with Crippen LogP contribution in [0.5, 0.6) is 0 Å². The lowest BCUT2D eigenvalue weighted by molar-refractivity contribution is -0.303. The van der Waals surface area contributed by atoms with Crippen LogP contribution in [-0.2, 0) is 9.59 Å². The Balaban J connectivity index is 2.18. The Hall–Kier alpha value is -3.35. The second kappa shape index (κ2) is 7.60. The molecule has 23 heavy (non-hydrogen) atoms. The molecule has 0 unspecified atom stereocenters. The normalized spacial score (nSPS) is 10.9. The number of benzene rings is 1. The maximum Gasteiger partial charge on any atom is 0.268 e. The van der Waals surface area contributed by atoms with Crippen molar-refractivity contribution in [2.24, 2.45) is 0 Å². The van der Waals surface area contributed by atoms with Crippen LogP contribution in [0, 0.1) is 0 Å². The van der Waals surface area contributed by atoms with Gasteiger partial charge in [0.05, 0.1) is 18.8 Å². The van der Waals surface area contributed by atoms with Gasteiger partial charge < -0.3 is 25.0 Å². The highest BCUT2D eigenvalue weighted by atomic mass is 16.4. The standard InChI is InChI=1S/C16H14N2O5/c19-14(20)10-17-16(22)13(9-12-7-4-8-23-12)18-15(21)11-5-2-1-3-6-11/h1-9H,10H2,(H,17,22)(H,18,21)(H,19,20)/p-1/b13-9+. The van der Waals surface area contributed by atoms with Gasteiger partial charge in [-0.15, -0.1) is 0 Å². The Kier molecular flexibility index (Phi) is 5.30. The zero-order valence-electron chi connectivity index (χ0n) is 11.9. The molecule has 0 radical (unpaired) electrons. The maximum atomic E-state index is 12.1. The minimum absolute atomic E-state index is 0.143. The summed E-state index contributed by atoms with van der Waals surface area (Å²) < 4.78 is 5.09. The lowest BCUT2D eigenvalue weighted by Gasteiger charge is -2.11. The van der Waals surface area contributed by atoms with Crippen LogP contribution in [0.25, 0.3) is 6.08 Å². The van der Waals surface area contributed by atoms with E-state index in [0.29, 0.717) is 11.3 Å². The van der Waals surface area contributed by atoms with Gasteiger partial charge in [0.1, 0.15) is 11.5 Å². The molecule has 0 saturated heterocycles. The molecule has 0 aliphatic carbocycles. The van der Waals surface area contributed by atoms with E-state index in [9.17, 15) is 19.5 Å². The number of rotatable bonds is 6. The predicted molar refractivity (Wildman–Crippen MR) is 78.6 cm³/mol. The minimum atomic E-state index is -1.44. The van der Waals surface area contributed by atoms with Crippen LogP contribution in [-0.4, -0.2) is 24.3 Å². The van der Waals surface area contributed by atoms with Crippen molar-refractivity contribution >= 4 is 23.9 Å². The van der Waals surface area contributed by atoms with E-state index in [2.05, 4.69) is 10.6 Å². The fraction of sp³-hybridized carbons (Fsp3) is 0.0625. The van der Waals surface area contributed by atoms with E-state index in [1.165, 1.54) is 12.3 Å². The van der Waals surface area contributed by atoms with Gasteiger partial charge in [-0.3, -0.25) is 9.59 Å². The molecule has 0 aliphatic rings. The third-order valence-electron chi connectivity index (χ3n) is 2.75. The summed E-state index contributed by atoms with van der Waals surface area (Å²) in [7, 11) is 0. The molecule has 7 nitrogen and oxygen atoms in total. The molecule has 2 rings (SSSR count). The highest BCUT2D eigenvalue weighted by Gasteiger charge is 2.14. The molecule has 0 spiro atoms. The van der Waals surface area contributed by atoms with Gasteiger partial charge in [0, 0.05) is 11.6 Å². The Labute approximate surface area is 131 Å². The molecule has 0 atom stereocenters. The lowest BCUT2D eigenvalue weighted by Crippen LogP contribution is -2.41. The third kappa shape index (κ3) is 4.85. The molecule has 118 valence electrons. The van der Waals surface area contributed by atoms with Gasteiger partial charge in [-0.1, -0.05) is 18.2 Å². The molecule has 2 aromatic rings. The number of amides is 2. The molecular weight excluding hydrogens is 300 g/mol. The smallest absolute Gasteiger partial charge is 0.268 e. The van der Waals surface area contributed by atoms with Crippen molar-refractivity contribution in [1.29, 1.82) is 0 Å². The first-order valence-corrected chi connectivity index (χ1v) is 6.66. The van der Waals surface area contributed by atoms with E-state index in [1.54, 1.807) is 42.5 Å². The number of carbonyl (C=O) groups excluding carboxylic acids is 3. The van der Waals surface area contributed by atoms with Crippen LogP contribution in [0.3, 0.4) is 0 Å².